The molecular weight excluding hydrogens is 502 g/mol. The Morgan fingerprint density at radius 3 is 2.59 bits per heavy atom. The molecule has 0 saturated carbocycles. The van der Waals surface area contributed by atoms with E-state index in [1.165, 1.54) is 24.6 Å². The largest absolute Gasteiger partial charge is 0.493 e. The van der Waals surface area contributed by atoms with Crippen LogP contribution in [-0.2, 0) is 19.1 Å². The Hall–Kier alpha value is -4.28. The number of rotatable bonds is 11. The number of nitrogens with zero attached hydrogens (tertiary/aromatic N) is 2. The van der Waals surface area contributed by atoms with Crippen molar-refractivity contribution in [2.45, 2.75) is 6.92 Å². The summed E-state index contributed by atoms with van der Waals surface area (Å²) >= 11 is 0. The summed E-state index contributed by atoms with van der Waals surface area (Å²) in [6.45, 7) is 4.61. The van der Waals surface area contributed by atoms with Crippen molar-refractivity contribution in [1.82, 2.24) is 9.97 Å². The molecule has 2 heterocycles. The molecular formula is C29H29N3O7. The van der Waals surface area contributed by atoms with Crippen molar-refractivity contribution in [2.24, 2.45) is 5.41 Å². The van der Waals surface area contributed by atoms with E-state index >= 15 is 0 Å². The smallest absolute Gasteiger partial charge is 0.186 e. The minimum Gasteiger partial charge on any atom is -0.493 e. The number of allylic oxidation sites excluding steroid dienone is 4. The number of nitrogens with one attached hydrogen (secondary N) is 1. The molecule has 0 radical (unpaired) electrons. The molecule has 2 aliphatic rings. The summed E-state index contributed by atoms with van der Waals surface area (Å²) < 4.78 is 27.8. The van der Waals surface area contributed by atoms with E-state index in [0.29, 0.717) is 78.3 Å². The molecule has 10 nitrogen and oxygen atoms in total. The molecule has 10 heteroatoms. The molecule has 0 atom stereocenters. The van der Waals surface area contributed by atoms with Crippen LogP contribution >= 0.6 is 0 Å². The topological polar surface area (TPSA) is 118 Å². The highest BCUT2D eigenvalue weighted by Gasteiger charge is 2.34. The lowest BCUT2D eigenvalue weighted by Gasteiger charge is -2.37. The summed E-state index contributed by atoms with van der Waals surface area (Å²) in [4.78, 5) is 33.8. The van der Waals surface area contributed by atoms with Crippen molar-refractivity contribution in [1.29, 1.82) is 0 Å². The van der Waals surface area contributed by atoms with E-state index in [1.807, 2.05) is 6.07 Å². The number of aromatic nitrogens is 2. The Bertz CT molecular complexity index is 1480. The molecule has 39 heavy (non-hydrogen) atoms. The molecule has 1 aliphatic carbocycles. The zero-order valence-electron chi connectivity index (χ0n) is 22.0. The van der Waals surface area contributed by atoms with Gasteiger partial charge in [0.1, 0.15) is 24.5 Å². The molecule has 0 bridgehead atoms. The second-order valence-corrected chi connectivity index (χ2v) is 9.67. The molecule has 2 aromatic carbocycles. The van der Waals surface area contributed by atoms with Crippen molar-refractivity contribution < 1.29 is 33.3 Å². The average Bonchev–Trinajstić information content (AvgIpc) is 2.92. The molecule has 3 aromatic rings. The van der Waals surface area contributed by atoms with E-state index < -0.39 is 0 Å². The normalized spacial score (nSPS) is 16.0. The van der Waals surface area contributed by atoms with Crippen molar-refractivity contribution in [3.8, 4) is 17.2 Å². The Morgan fingerprint density at radius 1 is 1.00 bits per heavy atom. The number of carbonyl (C=O) groups excluding carboxylic acids is 2. The lowest BCUT2D eigenvalue weighted by atomic mass is 9.90. The van der Waals surface area contributed by atoms with Gasteiger partial charge in [0.05, 0.1) is 39.1 Å². The quantitative estimate of drug-likeness (QED) is 0.288. The van der Waals surface area contributed by atoms with Crippen molar-refractivity contribution in [3.63, 3.8) is 0 Å². The first-order valence-electron chi connectivity index (χ1n) is 12.4. The van der Waals surface area contributed by atoms with E-state index in [4.69, 9.17) is 23.7 Å². The zero-order chi connectivity index (χ0) is 27.4. The molecule has 0 spiro atoms. The maximum Gasteiger partial charge on any atom is 0.186 e. The van der Waals surface area contributed by atoms with Crippen LogP contribution in [0.3, 0.4) is 0 Å². The van der Waals surface area contributed by atoms with Crippen LogP contribution in [0.5, 0.6) is 17.2 Å². The summed E-state index contributed by atoms with van der Waals surface area (Å²) in [5.74, 6) is 1.56. The van der Waals surface area contributed by atoms with Crippen LogP contribution < -0.4 is 19.5 Å². The van der Waals surface area contributed by atoms with Crippen LogP contribution in [0.25, 0.3) is 16.5 Å². The van der Waals surface area contributed by atoms with Crippen LogP contribution in [-0.4, -0.2) is 68.8 Å². The first-order valence-corrected chi connectivity index (χ1v) is 12.4. The second kappa shape index (κ2) is 11.2. The summed E-state index contributed by atoms with van der Waals surface area (Å²) in [6, 6.07) is 8.93. The summed E-state index contributed by atoms with van der Waals surface area (Å²) in [5, 5.41) is 4.00. The number of ketones is 2. The summed E-state index contributed by atoms with van der Waals surface area (Å²) in [6.07, 6.45) is 5.30. The van der Waals surface area contributed by atoms with Gasteiger partial charge in [0.25, 0.3) is 0 Å². The summed E-state index contributed by atoms with van der Waals surface area (Å²) in [7, 11) is 3.16. The van der Waals surface area contributed by atoms with E-state index in [0.717, 1.165) is 0 Å². The van der Waals surface area contributed by atoms with Crippen LogP contribution in [0.2, 0.25) is 0 Å². The van der Waals surface area contributed by atoms with Gasteiger partial charge < -0.3 is 29.0 Å². The van der Waals surface area contributed by atoms with E-state index in [1.54, 1.807) is 38.5 Å². The maximum atomic E-state index is 12.8. The minimum absolute atomic E-state index is 0.0548. The maximum absolute atomic E-state index is 12.8. The third-order valence-corrected chi connectivity index (χ3v) is 6.44. The average molecular weight is 532 g/mol. The van der Waals surface area contributed by atoms with Gasteiger partial charge in [-0.3, -0.25) is 9.59 Å². The van der Waals surface area contributed by atoms with Gasteiger partial charge in [0, 0.05) is 40.8 Å². The Kier molecular flexibility index (Phi) is 7.58. The fourth-order valence-electron chi connectivity index (χ4n) is 4.25. The lowest BCUT2D eigenvalue weighted by molar-refractivity contribution is -0.120. The Morgan fingerprint density at radius 2 is 1.85 bits per heavy atom. The van der Waals surface area contributed by atoms with Gasteiger partial charge in [-0.15, -0.1) is 0 Å². The fraction of sp³-hybridized carbons (Fsp3) is 0.310. The van der Waals surface area contributed by atoms with Crippen molar-refractivity contribution in [3.05, 3.63) is 60.5 Å². The minimum atomic E-state index is -0.277. The molecule has 1 saturated heterocycles. The van der Waals surface area contributed by atoms with Gasteiger partial charge in [-0.1, -0.05) is 6.92 Å². The number of ether oxygens (including phenoxy) is 5. The molecule has 1 aliphatic heterocycles. The number of fused-ring (bicyclic) bond motifs is 1. The van der Waals surface area contributed by atoms with Crippen LogP contribution in [0.15, 0.2) is 54.9 Å². The first-order chi connectivity index (χ1) is 18.9. The van der Waals surface area contributed by atoms with Crippen LogP contribution in [0.1, 0.15) is 12.5 Å². The molecule has 1 fully saturated rings. The monoisotopic (exact) mass is 531 g/mol. The van der Waals surface area contributed by atoms with Gasteiger partial charge in [0.2, 0.25) is 0 Å². The number of methoxy groups -OCH3 is 2. The standard InChI is InChI=1S/C29H29N3O7/c1-29(14-37-15-29)16-39-19-5-6-23(20(11-19)21-10-18(33)4-7-25(21)34)32-28-22-12-26(36-3)27(38-9-8-35-2)13-24(22)30-17-31-28/h4-7,10-13,17H,8-9,14-16H2,1-3H3,(H,30,31,32). The lowest BCUT2D eigenvalue weighted by Crippen LogP contribution is -2.44. The number of hydrogen-bond acceptors (Lipinski definition) is 10. The number of anilines is 2. The number of carbonyl (C=O) groups is 2. The molecule has 1 N–H and O–H groups in total. The second-order valence-electron chi connectivity index (χ2n) is 9.67. The number of hydrogen-bond donors (Lipinski definition) is 1. The van der Waals surface area contributed by atoms with Gasteiger partial charge in [0.15, 0.2) is 23.1 Å². The zero-order valence-corrected chi connectivity index (χ0v) is 22.0. The Balaban J connectivity index is 1.51. The van der Waals surface area contributed by atoms with Crippen molar-refractivity contribution >= 4 is 39.5 Å². The first kappa shape index (κ1) is 26.3. The van der Waals surface area contributed by atoms with Crippen molar-refractivity contribution in [2.75, 3.05) is 52.6 Å². The van der Waals surface area contributed by atoms with E-state index in [2.05, 4.69) is 22.2 Å². The molecule has 1 aromatic heterocycles. The van der Waals surface area contributed by atoms with E-state index in [9.17, 15) is 9.59 Å². The molecule has 0 amide bonds. The summed E-state index contributed by atoms with van der Waals surface area (Å²) in [5.41, 5.74) is 1.93. The number of benzene rings is 2. The van der Waals surface area contributed by atoms with Gasteiger partial charge in [-0.25, -0.2) is 9.97 Å². The van der Waals surface area contributed by atoms with Gasteiger partial charge in [-0.2, -0.15) is 0 Å². The molecule has 0 unspecified atom stereocenters. The third kappa shape index (κ3) is 5.76. The predicted octanol–water partition coefficient (Wildman–Crippen LogP) is 3.91. The van der Waals surface area contributed by atoms with Crippen LogP contribution in [0, 0.1) is 5.41 Å². The highest BCUT2D eigenvalue weighted by molar-refractivity contribution is 6.34. The van der Waals surface area contributed by atoms with Gasteiger partial charge >= 0.3 is 0 Å². The highest BCUT2D eigenvalue weighted by atomic mass is 16.5. The molecule has 5 rings (SSSR count). The molecule has 202 valence electrons. The van der Waals surface area contributed by atoms with Gasteiger partial charge in [-0.05, 0) is 42.5 Å². The SMILES string of the molecule is COCCOc1cc2ncnc(Nc3ccc(OCC4(C)COC4)cc3C3=CC(=O)C=CC3=O)c2cc1OC. The van der Waals surface area contributed by atoms with Crippen LogP contribution in [0.4, 0.5) is 11.5 Å². The third-order valence-electron chi connectivity index (χ3n) is 6.44. The van der Waals surface area contributed by atoms with E-state index in [-0.39, 0.29) is 22.6 Å². The highest BCUT2D eigenvalue weighted by Crippen LogP contribution is 2.37. The Labute approximate surface area is 225 Å². The predicted molar refractivity (Wildman–Crippen MR) is 145 cm³/mol. The fourth-order valence-corrected chi connectivity index (χ4v) is 4.25.